The third-order valence-corrected chi connectivity index (χ3v) is 3.69. The van der Waals surface area contributed by atoms with E-state index in [1.165, 1.54) is 16.9 Å². The Bertz CT molecular complexity index is 664. The van der Waals surface area contributed by atoms with Crippen LogP contribution in [0.4, 0.5) is 0 Å². The predicted molar refractivity (Wildman–Crippen MR) is 75.8 cm³/mol. The summed E-state index contributed by atoms with van der Waals surface area (Å²) in [4.78, 5) is 0. The summed E-state index contributed by atoms with van der Waals surface area (Å²) < 4.78 is 0.466. The maximum absolute atomic E-state index is 5.85. The number of hydrogen-bond acceptors (Lipinski definition) is 3. The molecule has 0 spiro atoms. The van der Waals surface area contributed by atoms with Gasteiger partial charge in [-0.15, -0.1) is 10.2 Å². The highest BCUT2D eigenvalue weighted by molar-refractivity contribution is 7.18. The Morgan fingerprint density at radius 3 is 2.11 bits per heavy atom. The molecule has 0 aliphatic heterocycles. The molecule has 18 heavy (non-hydrogen) atoms. The van der Waals surface area contributed by atoms with Gasteiger partial charge in [-0.3, -0.25) is 0 Å². The van der Waals surface area contributed by atoms with E-state index in [2.05, 4.69) is 28.4 Å². The number of nitrogens with zero attached hydrogens (tertiary/aromatic N) is 2. The SMILES string of the molecule is Clc1nnc(-c2ccccc2-c2ccccc2)s1. The van der Waals surface area contributed by atoms with Crippen molar-refractivity contribution in [3.63, 3.8) is 0 Å². The van der Waals surface area contributed by atoms with Crippen LogP contribution in [0.5, 0.6) is 0 Å². The minimum Gasteiger partial charge on any atom is -0.137 e. The van der Waals surface area contributed by atoms with E-state index in [9.17, 15) is 0 Å². The van der Waals surface area contributed by atoms with Crippen LogP contribution in [0.25, 0.3) is 21.7 Å². The molecule has 1 aromatic heterocycles. The Kier molecular flexibility index (Phi) is 3.09. The van der Waals surface area contributed by atoms with Crippen LogP contribution < -0.4 is 0 Å². The van der Waals surface area contributed by atoms with Gasteiger partial charge < -0.3 is 0 Å². The zero-order valence-electron chi connectivity index (χ0n) is 9.38. The van der Waals surface area contributed by atoms with Crippen LogP contribution in [0, 0.1) is 0 Å². The van der Waals surface area contributed by atoms with Gasteiger partial charge in [0, 0.05) is 5.56 Å². The van der Waals surface area contributed by atoms with Crippen LogP contribution in [-0.4, -0.2) is 10.2 Å². The number of aromatic nitrogens is 2. The van der Waals surface area contributed by atoms with Gasteiger partial charge >= 0.3 is 0 Å². The lowest BCUT2D eigenvalue weighted by atomic mass is 10.0. The van der Waals surface area contributed by atoms with Crippen molar-refractivity contribution in [3.8, 4) is 21.7 Å². The van der Waals surface area contributed by atoms with E-state index in [0.29, 0.717) is 4.47 Å². The molecule has 0 fully saturated rings. The van der Waals surface area contributed by atoms with Crippen LogP contribution in [0.15, 0.2) is 54.6 Å². The smallest absolute Gasteiger partial charge is 0.137 e. The summed E-state index contributed by atoms with van der Waals surface area (Å²) in [6.45, 7) is 0. The van der Waals surface area contributed by atoms with E-state index in [4.69, 9.17) is 11.6 Å². The number of hydrogen-bond donors (Lipinski definition) is 0. The highest BCUT2D eigenvalue weighted by Crippen LogP contribution is 2.34. The first-order valence-corrected chi connectivity index (χ1v) is 6.68. The van der Waals surface area contributed by atoms with Gasteiger partial charge in [-0.2, -0.15) is 0 Å². The summed E-state index contributed by atoms with van der Waals surface area (Å²) in [5.41, 5.74) is 3.37. The zero-order chi connectivity index (χ0) is 12.4. The molecule has 0 aliphatic carbocycles. The molecular formula is C14H9ClN2S. The molecule has 3 aromatic rings. The second kappa shape index (κ2) is 4.88. The molecule has 1 heterocycles. The molecular weight excluding hydrogens is 264 g/mol. The molecule has 0 bridgehead atoms. The van der Waals surface area contributed by atoms with E-state index in [-0.39, 0.29) is 0 Å². The van der Waals surface area contributed by atoms with E-state index in [1.807, 2.05) is 36.4 Å². The molecule has 2 aromatic carbocycles. The van der Waals surface area contributed by atoms with Crippen molar-refractivity contribution in [1.29, 1.82) is 0 Å². The molecule has 0 atom stereocenters. The second-order valence-electron chi connectivity index (χ2n) is 3.77. The first-order chi connectivity index (χ1) is 8.84. The summed E-state index contributed by atoms with van der Waals surface area (Å²) in [6.07, 6.45) is 0. The fourth-order valence-electron chi connectivity index (χ4n) is 1.85. The van der Waals surface area contributed by atoms with Crippen molar-refractivity contribution >= 4 is 22.9 Å². The molecule has 4 heteroatoms. The van der Waals surface area contributed by atoms with Gasteiger partial charge in [0.1, 0.15) is 5.01 Å². The highest BCUT2D eigenvalue weighted by Gasteiger charge is 2.10. The monoisotopic (exact) mass is 272 g/mol. The molecule has 2 nitrogen and oxygen atoms in total. The summed E-state index contributed by atoms with van der Waals surface area (Å²) in [5, 5.41) is 8.82. The number of rotatable bonds is 2. The van der Waals surface area contributed by atoms with Crippen LogP contribution in [0.3, 0.4) is 0 Å². The van der Waals surface area contributed by atoms with Crippen molar-refractivity contribution in [1.82, 2.24) is 10.2 Å². The summed E-state index contributed by atoms with van der Waals surface area (Å²) in [5.74, 6) is 0. The Morgan fingerprint density at radius 1 is 0.778 bits per heavy atom. The zero-order valence-corrected chi connectivity index (χ0v) is 10.9. The lowest BCUT2D eigenvalue weighted by Crippen LogP contribution is -1.84. The van der Waals surface area contributed by atoms with Gasteiger partial charge in [0.05, 0.1) is 0 Å². The van der Waals surface area contributed by atoms with Gasteiger partial charge in [-0.05, 0) is 22.7 Å². The maximum Gasteiger partial charge on any atom is 0.207 e. The quantitative estimate of drug-likeness (QED) is 0.685. The molecule has 0 aliphatic rings. The summed E-state index contributed by atoms with van der Waals surface area (Å²) >= 11 is 7.25. The first kappa shape index (κ1) is 11.4. The topological polar surface area (TPSA) is 25.8 Å². The van der Waals surface area contributed by atoms with Crippen LogP contribution in [-0.2, 0) is 0 Å². The number of halogens is 1. The highest BCUT2D eigenvalue weighted by atomic mass is 35.5. The maximum atomic E-state index is 5.85. The minimum absolute atomic E-state index is 0.466. The van der Waals surface area contributed by atoms with E-state index in [1.54, 1.807) is 0 Å². The Labute approximate surface area is 114 Å². The minimum atomic E-state index is 0.466. The molecule has 0 saturated carbocycles. The van der Waals surface area contributed by atoms with Gasteiger partial charge in [0.15, 0.2) is 0 Å². The Balaban J connectivity index is 2.17. The van der Waals surface area contributed by atoms with Gasteiger partial charge in [0.25, 0.3) is 0 Å². The normalized spacial score (nSPS) is 10.5. The molecule has 0 unspecified atom stereocenters. The molecule has 0 saturated heterocycles. The predicted octanol–water partition coefficient (Wildman–Crippen LogP) is 4.53. The van der Waals surface area contributed by atoms with Gasteiger partial charge in [-0.25, -0.2) is 0 Å². The fourth-order valence-corrected chi connectivity index (χ4v) is 2.72. The standard InChI is InChI=1S/C14H9ClN2S/c15-14-17-16-13(18-14)12-9-5-4-8-11(12)10-6-2-1-3-7-10/h1-9H. The van der Waals surface area contributed by atoms with Gasteiger partial charge in [0.2, 0.25) is 4.47 Å². The summed E-state index contributed by atoms with van der Waals surface area (Å²) in [6, 6.07) is 18.4. The lowest BCUT2D eigenvalue weighted by molar-refractivity contribution is 1.10. The van der Waals surface area contributed by atoms with E-state index >= 15 is 0 Å². The van der Waals surface area contributed by atoms with Crippen LogP contribution in [0.2, 0.25) is 4.47 Å². The van der Waals surface area contributed by atoms with E-state index < -0.39 is 0 Å². The number of benzene rings is 2. The Morgan fingerprint density at radius 2 is 1.44 bits per heavy atom. The van der Waals surface area contributed by atoms with Crippen molar-refractivity contribution < 1.29 is 0 Å². The fraction of sp³-hybridized carbons (Fsp3) is 0. The van der Waals surface area contributed by atoms with E-state index in [0.717, 1.165) is 16.1 Å². The third kappa shape index (κ3) is 2.15. The molecule has 0 N–H and O–H groups in total. The molecule has 3 rings (SSSR count). The molecule has 0 amide bonds. The van der Waals surface area contributed by atoms with Gasteiger partial charge in [-0.1, -0.05) is 65.9 Å². The summed E-state index contributed by atoms with van der Waals surface area (Å²) in [7, 11) is 0. The third-order valence-electron chi connectivity index (χ3n) is 2.64. The van der Waals surface area contributed by atoms with Crippen molar-refractivity contribution in [2.45, 2.75) is 0 Å². The van der Waals surface area contributed by atoms with Crippen molar-refractivity contribution in [2.75, 3.05) is 0 Å². The second-order valence-corrected chi connectivity index (χ2v) is 5.33. The Hall–Kier alpha value is -1.71. The average molecular weight is 273 g/mol. The van der Waals surface area contributed by atoms with Crippen LogP contribution >= 0.6 is 22.9 Å². The van der Waals surface area contributed by atoms with Crippen molar-refractivity contribution in [3.05, 3.63) is 59.1 Å². The lowest BCUT2D eigenvalue weighted by Gasteiger charge is -2.06. The van der Waals surface area contributed by atoms with Crippen molar-refractivity contribution in [2.24, 2.45) is 0 Å². The molecule has 88 valence electrons. The molecule has 0 radical (unpaired) electrons. The van der Waals surface area contributed by atoms with Crippen LogP contribution in [0.1, 0.15) is 0 Å². The largest absolute Gasteiger partial charge is 0.207 e. The average Bonchev–Trinajstić information content (AvgIpc) is 2.86. The first-order valence-electron chi connectivity index (χ1n) is 5.48.